The van der Waals surface area contributed by atoms with Gasteiger partial charge in [-0.05, 0) is 54.9 Å². The Morgan fingerprint density at radius 1 is 0.979 bits per heavy atom. The zero-order valence-corrected chi connectivity index (χ0v) is 27.7. The zero-order chi connectivity index (χ0) is 33.0. The average molecular weight is 643 g/mol. The summed E-state index contributed by atoms with van der Waals surface area (Å²) in [5.74, 6) is 0.617. The third kappa shape index (κ3) is 9.29. The summed E-state index contributed by atoms with van der Waals surface area (Å²) in [7, 11) is 1.69. The molecule has 3 aromatic carbocycles. The van der Waals surface area contributed by atoms with Gasteiger partial charge >= 0.3 is 0 Å². The van der Waals surface area contributed by atoms with Crippen LogP contribution in [0.4, 0.5) is 11.4 Å². The Hall–Kier alpha value is -3.55. The topological polar surface area (TPSA) is 124 Å². The average Bonchev–Trinajstić information content (AvgIpc) is 3.12. The maximum Gasteiger partial charge on any atom is 0.253 e. The third-order valence-electron chi connectivity index (χ3n) is 9.88. The van der Waals surface area contributed by atoms with E-state index in [2.05, 4.69) is 33.7 Å². The Morgan fingerprint density at radius 2 is 1.74 bits per heavy atom. The van der Waals surface area contributed by atoms with Crippen LogP contribution in [-0.2, 0) is 16.0 Å². The molecule has 47 heavy (non-hydrogen) atoms. The molecule has 0 amide bonds. The van der Waals surface area contributed by atoms with Crippen molar-refractivity contribution in [2.45, 2.75) is 82.6 Å². The molecule has 0 spiro atoms. The van der Waals surface area contributed by atoms with Crippen molar-refractivity contribution < 1.29 is 14.6 Å². The van der Waals surface area contributed by atoms with Crippen molar-refractivity contribution >= 4 is 11.4 Å². The van der Waals surface area contributed by atoms with Crippen molar-refractivity contribution in [1.82, 2.24) is 5.32 Å². The van der Waals surface area contributed by atoms with Crippen molar-refractivity contribution in [3.05, 3.63) is 91.7 Å². The highest BCUT2D eigenvalue weighted by Gasteiger charge is 2.35. The van der Waals surface area contributed by atoms with Gasteiger partial charge in [-0.2, -0.15) is 5.26 Å². The molecule has 1 saturated carbocycles. The molecule has 1 unspecified atom stereocenters. The van der Waals surface area contributed by atoms with Crippen molar-refractivity contribution in [3.8, 4) is 6.07 Å². The first-order valence-electron chi connectivity index (χ1n) is 17.4. The lowest BCUT2D eigenvalue weighted by Crippen LogP contribution is -2.50. The fraction of sp³-hybridized carbons (Fsp3) is 0.553. The second-order valence-electron chi connectivity index (χ2n) is 13.3. The predicted molar refractivity (Wildman–Crippen MR) is 185 cm³/mol. The Kier molecular flexibility index (Phi) is 13.0. The van der Waals surface area contributed by atoms with E-state index in [4.69, 9.17) is 14.7 Å². The van der Waals surface area contributed by atoms with E-state index in [1.807, 2.05) is 30.3 Å². The standard InChI is InChI=1S/C38H50N4O5/c1-46-20-9-21-47-38(30-12-6-3-7-13-30)31-14-8-19-42(26-31)35-34(36(44)37(35)45)41-32(22-27-10-4-2-5-11-27)33(43)25-40-24-29-17-15-28(23-39)16-18-29/h3,6-7,12-13,15-18,27,31-33,38,40-41,43H,2,4-5,8-11,14,19-22,24-26H2,1H3/t31-,32+,33+,38?/m1/s1. The summed E-state index contributed by atoms with van der Waals surface area (Å²) in [5, 5.41) is 27.3. The first kappa shape index (κ1) is 34.8. The SMILES string of the molecule is COCCCOC(c1ccccc1)[C@@H]1CCCN(c2c(N[C@@H](CC3CCCCC3)[C@@H](O)CNCc3ccc(C#N)cc3)c(=O)c2=O)C1. The summed E-state index contributed by atoms with van der Waals surface area (Å²) in [6.45, 7) is 3.41. The van der Waals surface area contributed by atoms with E-state index >= 15 is 0 Å². The van der Waals surface area contributed by atoms with Crippen LogP contribution in [-0.4, -0.2) is 57.2 Å². The van der Waals surface area contributed by atoms with Crippen LogP contribution >= 0.6 is 0 Å². The quantitative estimate of drug-likeness (QED) is 0.137. The van der Waals surface area contributed by atoms with E-state index in [0.717, 1.165) is 49.7 Å². The second-order valence-corrected chi connectivity index (χ2v) is 13.3. The molecule has 3 N–H and O–H groups in total. The van der Waals surface area contributed by atoms with E-state index in [0.29, 0.717) is 62.2 Å². The van der Waals surface area contributed by atoms with Crippen LogP contribution in [0.3, 0.4) is 0 Å². The molecule has 0 radical (unpaired) electrons. The van der Waals surface area contributed by atoms with Crippen LogP contribution in [0.5, 0.6) is 0 Å². The highest BCUT2D eigenvalue weighted by atomic mass is 16.5. The molecule has 9 heteroatoms. The normalized spacial score (nSPS) is 19.3. The summed E-state index contributed by atoms with van der Waals surface area (Å²) in [5.41, 5.74) is 2.61. The molecule has 3 aromatic rings. The number of ether oxygens (including phenoxy) is 2. The van der Waals surface area contributed by atoms with Gasteiger partial charge in [-0.1, -0.05) is 74.6 Å². The van der Waals surface area contributed by atoms with Gasteiger partial charge in [0.05, 0.1) is 29.9 Å². The maximum atomic E-state index is 13.1. The zero-order valence-electron chi connectivity index (χ0n) is 27.7. The lowest BCUT2D eigenvalue weighted by molar-refractivity contribution is -0.00235. The van der Waals surface area contributed by atoms with Gasteiger partial charge < -0.3 is 30.1 Å². The molecule has 1 heterocycles. The van der Waals surface area contributed by atoms with Gasteiger partial charge in [0.1, 0.15) is 11.4 Å². The summed E-state index contributed by atoms with van der Waals surface area (Å²) in [4.78, 5) is 28.3. The number of nitrogens with one attached hydrogen (secondary N) is 2. The monoisotopic (exact) mass is 642 g/mol. The number of benzene rings is 2. The first-order valence-corrected chi connectivity index (χ1v) is 17.4. The number of methoxy groups -OCH3 is 1. The van der Waals surface area contributed by atoms with Gasteiger partial charge in [-0.25, -0.2) is 0 Å². The summed E-state index contributed by atoms with van der Waals surface area (Å²) < 4.78 is 11.7. The summed E-state index contributed by atoms with van der Waals surface area (Å²) in [6.07, 6.45) is 8.34. The lowest BCUT2D eigenvalue weighted by Gasteiger charge is -2.40. The van der Waals surface area contributed by atoms with Gasteiger partial charge in [0.2, 0.25) is 0 Å². The van der Waals surface area contributed by atoms with Crippen molar-refractivity contribution in [2.24, 2.45) is 11.8 Å². The summed E-state index contributed by atoms with van der Waals surface area (Å²) in [6, 6.07) is 19.4. The fourth-order valence-electron chi connectivity index (χ4n) is 7.32. The number of aliphatic hydroxyl groups is 1. The Labute approximate surface area is 278 Å². The maximum absolute atomic E-state index is 13.1. The lowest BCUT2D eigenvalue weighted by atomic mass is 9.83. The van der Waals surface area contributed by atoms with Gasteiger partial charge in [0.25, 0.3) is 10.9 Å². The highest BCUT2D eigenvalue weighted by Crippen LogP contribution is 2.36. The number of nitrogens with zero attached hydrogens (tertiary/aromatic N) is 2. The number of aliphatic hydroxyl groups excluding tert-OH is 1. The number of anilines is 2. The van der Waals surface area contributed by atoms with Gasteiger partial charge in [-0.3, -0.25) is 9.59 Å². The second kappa shape index (κ2) is 17.6. The minimum atomic E-state index is -0.760. The van der Waals surface area contributed by atoms with Gasteiger partial charge in [0.15, 0.2) is 0 Å². The number of piperidine rings is 1. The van der Waals surface area contributed by atoms with Crippen molar-refractivity contribution in [3.63, 3.8) is 0 Å². The van der Waals surface area contributed by atoms with E-state index in [-0.39, 0.29) is 18.1 Å². The predicted octanol–water partition coefficient (Wildman–Crippen LogP) is 5.07. The van der Waals surface area contributed by atoms with Crippen LogP contribution in [0.2, 0.25) is 0 Å². The van der Waals surface area contributed by atoms with Crippen LogP contribution < -0.4 is 26.4 Å². The molecule has 2 aliphatic rings. The third-order valence-corrected chi connectivity index (χ3v) is 9.88. The molecule has 5 rings (SSSR count). The molecule has 2 fully saturated rings. The molecule has 252 valence electrons. The molecule has 1 saturated heterocycles. The van der Waals surface area contributed by atoms with Crippen LogP contribution in [0.1, 0.15) is 80.6 Å². The Bertz CT molecular complexity index is 1490. The highest BCUT2D eigenvalue weighted by molar-refractivity contribution is 5.75. The van der Waals surface area contributed by atoms with E-state index in [9.17, 15) is 14.7 Å². The minimum absolute atomic E-state index is 0.123. The van der Waals surface area contributed by atoms with E-state index in [1.165, 1.54) is 19.3 Å². The van der Waals surface area contributed by atoms with E-state index < -0.39 is 17.0 Å². The largest absolute Gasteiger partial charge is 0.390 e. The number of hydrogen-bond donors (Lipinski definition) is 3. The van der Waals surface area contributed by atoms with Crippen LogP contribution in [0.15, 0.2) is 64.2 Å². The number of rotatable bonds is 17. The summed E-state index contributed by atoms with van der Waals surface area (Å²) >= 11 is 0. The van der Waals surface area contributed by atoms with Crippen molar-refractivity contribution in [2.75, 3.05) is 50.2 Å². The number of nitriles is 1. The molecular formula is C38H50N4O5. The Balaban J connectivity index is 1.29. The number of hydrogen-bond acceptors (Lipinski definition) is 9. The van der Waals surface area contributed by atoms with Crippen LogP contribution in [0.25, 0.3) is 0 Å². The molecule has 1 aliphatic carbocycles. The first-order chi connectivity index (χ1) is 23.0. The molecular weight excluding hydrogens is 592 g/mol. The molecule has 9 nitrogen and oxygen atoms in total. The molecule has 4 atom stereocenters. The molecule has 0 aromatic heterocycles. The Morgan fingerprint density at radius 3 is 2.47 bits per heavy atom. The molecule has 0 bridgehead atoms. The fourth-order valence-corrected chi connectivity index (χ4v) is 7.32. The van der Waals surface area contributed by atoms with Gasteiger partial charge in [-0.15, -0.1) is 0 Å². The minimum Gasteiger partial charge on any atom is -0.390 e. The molecule has 1 aliphatic heterocycles. The van der Waals surface area contributed by atoms with E-state index in [1.54, 1.807) is 19.2 Å². The van der Waals surface area contributed by atoms with Crippen molar-refractivity contribution in [1.29, 1.82) is 5.26 Å². The smallest absolute Gasteiger partial charge is 0.253 e. The van der Waals surface area contributed by atoms with Gasteiger partial charge in [0, 0.05) is 52.4 Å². The van der Waals surface area contributed by atoms with Crippen LogP contribution in [0, 0.1) is 23.2 Å².